The van der Waals surface area contributed by atoms with E-state index in [0.29, 0.717) is 31.5 Å². The molecule has 1 amide bonds. The molecule has 3 rings (SSSR count). The largest absolute Gasteiger partial charge is 0.481 e. The number of carbonyl (C=O) groups excluding carboxylic acids is 1. The van der Waals surface area contributed by atoms with Crippen molar-refractivity contribution in [1.29, 1.82) is 0 Å². The summed E-state index contributed by atoms with van der Waals surface area (Å²) < 4.78 is 6.96. The number of pyridine rings is 1. The van der Waals surface area contributed by atoms with Crippen molar-refractivity contribution in [3.63, 3.8) is 0 Å². The van der Waals surface area contributed by atoms with Crippen LogP contribution in [-0.2, 0) is 18.4 Å². The van der Waals surface area contributed by atoms with Gasteiger partial charge in [-0.05, 0) is 6.07 Å². The first-order valence-corrected chi connectivity index (χ1v) is 8.35. The second-order valence-corrected chi connectivity index (χ2v) is 5.91. The van der Waals surface area contributed by atoms with Gasteiger partial charge >= 0.3 is 0 Å². The number of nitrogens with one attached hydrogen (secondary N) is 1. The van der Waals surface area contributed by atoms with Crippen LogP contribution in [0.2, 0.25) is 0 Å². The molecule has 0 aromatic carbocycles. The monoisotopic (exact) mass is 485 g/mol. The minimum atomic E-state index is 0. The Balaban J connectivity index is 0.00000261. The highest BCUT2D eigenvalue weighted by Gasteiger charge is 2.27. The Morgan fingerprint density at radius 1 is 1.41 bits per heavy atom. The molecule has 1 N–H and O–H groups in total. The zero-order chi connectivity index (χ0) is 18.5. The number of anilines is 1. The maximum Gasteiger partial charge on any atom is 0.246 e. The number of aryl methyl sites for hydroxylation is 1. The number of amides is 1. The molecule has 0 aliphatic carbocycles. The van der Waals surface area contributed by atoms with E-state index in [-0.39, 0.29) is 36.4 Å². The van der Waals surface area contributed by atoms with Gasteiger partial charge in [-0.3, -0.25) is 14.5 Å². The SMILES string of the molecule is CN=C(NCc1cccnc1OC)N1CCN(c2cnn(C)c2)C(=O)C1.I. The molecule has 0 saturated carbocycles. The van der Waals surface area contributed by atoms with Gasteiger partial charge in [0, 0.05) is 51.7 Å². The van der Waals surface area contributed by atoms with Crippen LogP contribution in [0.5, 0.6) is 5.88 Å². The van der Waals surface area contributed by atoms with Gasteiger partial charge in [0.2, 0.25) is 11.8 Å². The van der Waals surface area contributed by atoms with Crippen molar-refractivity contribution in [2.45, 2.75) is 6.54 Å². The fourth-order valence-electron chi connectivity index (χ4n) is 2.92. The van der Waals surface area contributed by atoms with Gasteiger partial charge < -0.3 is 19.9 Å². The first kappa shape index (κ1) is 20.9. The van der Waals surface area contributed by atoms with E-state index in [0.717, 1.165) is 11.3 Å². The van der Waals surface area contributed by atoms with Gasteiger partial charge in [0.15, 0.2) is 5.96 Å². The lowest BCUT2D eigenvalue weighted by atomic mass is 10.2. The average Bonchev–Trinajstić information content (AvgIpc) is 3.08. The third-order valence-corrected chi connectivity index (χ3v) is 4.22. The van der Waals surface area contributed by atoms with E-state index in [4.69, 9.17) is 4.74 Å². The van der Waals surface area contributed by atoms with Crippen LogP contribution in [0, 0.1) is 0 Å². The Morgan fingerprint density at radius 3 is 2.85 bits per heavy atom. The van der Waals surface area contributed by atoms with Crippen LogP contribution in [0.1, 0.15) is 5.56 Å². The third kappa shape index (κ3) is 4.87. The Hall–Kier alpha value is -2.37. The number of carbonyl (C=O) groups is 1. The number of ether oxygens (including phenoxy) is 1. The number of hydrogen-bond donors (Lipinski definition) is 1. The number of hydrogen-bond acceptors (Lipinski definition) is 5. The number of aromatic nitrogens is 3. The van der Waals surface area contributed by atoms with Crippen LogP contribution < -0.4 is 15.0 Å². The summed E-state index contributed by atoms with van der Waals surface area (Å²) in [5.74, 6) is 1.27. The molecule has 10 heteroatoms. The fourth-order valence-corrected chi connectivity index (χ4v) is 2.92. The molecule has 0 atom stereocenters. The maximum atomic E-state index is 12.5. The van der Waals surface area contributed by atoms with Gasteiger partial charge in [-0.1, -0.05) is 6.07 Å². The smallest absolute Gasteiger partial charge is 0.246 e. The molecule has 1 aliphatic rings. The van der Waals surface area contributed by atoms with Crippen molar-refractivity contribution in [1.82, 2.24) is 25.0 Å². The van der Waals surface area contributed by atoms with Crippen LogP contribution in [0.4, 0.5) is 5.69 Å². The molecule has 0 spiro atoms. The van der Waals surface area contributed by atoms with Gasteiger partial charge in [0.25, 0.3) is 0 Å². The first-order valence-electron chi connectivity index (χ1n) is 8.35. The summed E-state index contributed by atoms with van der Waals surface area (Å²) >= 11 is 0. The molecule has 3 heterocycles. The summed E-state index contributed by atoms with van der Waals surface area (Å²) in [5.41, 5.74) is 1.75. The molecule has 0 radical (unpaired) electrons. The predicted octanol–water partition coefficient (Wildman–Crippen LogP) is 0.866. The molecule has 2 aromatic heterocycles. The van der Waals surface area contributed by atoms with Crippen LogP contribution in [0.3, 0.4) is 0 Å². The number of rotatable bonds is 4. The molecule has 1 saturated heterocycles. The van der Waals surface area contributed by atoms with E-state index in [2.05, 4.69) is 20.4 Å². The van der Waals surface area contributed by atoms with Gasteiger partial charge in [-0.25, -0.2) is 4.98 Å². The zero-order valence-electron chi connectivity index (χ0n) is 15.6. The highest BCUT2D eigenvalue weighted by Crippen LogP contribution is 2.17. The quantitative estimate of drug-likeness (QED) is 0.393. The van der Waals surface area contributed by atoms with Crippen molar-refractivity contribution < 1.29 is 9.53 Å². The molecule has 146 valence electrons. The molecule has 9 nitrogen and oxygen atoms in total. The number of aliphatic imine (C=N–C) groups is 1. The number of halogens is 1. The third-order valence-electron chi connectivity index (χ3n) is 4.22. The summed E-state index contributed by atoms with van der Waals surface area (Å²) in [6.07, 6.45) is 5.23. The number of piperazine rings is 1. The maximum absolute atomic E-state index is 12.5. The minimum Gasteiger partial charge on any atom is -0.481 e. The first-order chi connectivity index (χ1) is 12.6. The van der Waals surface area contributed by atoms with E-state index >= 15 is 0 Å². The van der Waals surface area contributed by atoms with Gasteiger partial charge in [0.05, 0.1) is 19.0 Å². The van der Waals surface area contributed by atoms with Crippen molar-refractivity contribution in [2.24, 2.45) is 12.0 Å². The fraction of sp³-hybridized carbons (Fsp3) is 0.412. The van der Waals surface area contributed by atoms with Crippen molar-refractivity contribution in [3.8, 4) is 5.88 Å². The molecule has 1 fully saturated rings. The highest BCUT2D eigenvalue weighted by atomic mass is 127. The summed E-state index contributed by atoms with van der Waals surface area (Å²) in [6, 6.07) is 3.80. The molecule has 1 aliphatic heterocycles. The lowest BCUT2D eigenvalue weighted by Gasteiger charge is -2.35. The van der Waals surface area contributed by atoms with Crippen LogP contribution in [0.15, 0.2) is 35.7 Å². The summed E-state index contributed by atoms with van der Waals surface area (Å²) in [4.78, 5) is 24.7. The van der Waals surface area contributed by atoms with Crippen molar-refractivity contribution in [3.05, 3.63) is 36.3 Å². The van der Waals surface area contributed by atoms with Gasteiger partial charge in [-0.2, -0.15) is 5.10 Å². The molecular weight excluding hydrogens is 461 g/mol. The molecular formula is C17H24IN7O2. The average molecular weight is 485 g/mol. The Morgan fingerprint density at radius 2 is 2.22 bits per heavy atom. The van der Waals surface area contributed by atoms with Crippen LogP contribution in [-0.4, -0.2) is 65.3 Å². The van der Waals surface area contributed by atoms with Crippen molar-refractivity contribution in [2.75, 3.05) is 38.7 Å². The normalized spacial score (nSPS) is 14.8. The topological polar surface area (TPSA) is 87.9 Å². The summed E-state index contributed by atoms with van der Waals surface area (Å²) in [6.45, 7) is 2.05. The Kier molecular flexibility index (Phi) is 7.39. The van der Waals surface area contributed by atoms with Crippen molar-refractivity contribution >= 4 is 41.5 Å². The van der Waals surface area contributed by atoms with Gasteiger partial charge in [0.1, 0.15) is 6.54 Å². The second kappa shape index (κ2) is 9.53. The minimum absolute atomic E-state index is 0. The van der Waals surface area contributed by atoms with E-state index in [9.17, 15) is 4.79 Å². The number of guanidine groups is 1. The zero-order valence-corrected chi connectivity index (χ0v) is 18.0. The molecule has 27 heavy (non-hydrogen) atoms. The summed E-state index contributed by atoms with van der Waals surface area (Å²) in [5, 5.41) is 7.41. The van der Waals surface area contributed by atoms with E-state index in [1.54, 1.807) is 36.1 Å². The predicted molar refractivity (Wildman–Crippen MR) is 114 cm³/mol. The Labute approximate surface area is 175 Å². The number of methoxy groups -OCH3 is 1. The van der Waals surface area contributed by atoms with E-state index in [1.807, 2.05) is 30.3 Å². The Bertz CT molecular complexity index is 808. The van der Waals surface area contributed by atoms with Crippen LogP contribution >= 0.6 is 24.0 Å². The lowest BCUT2D eigenvalue weighted by molar-refractivity contribution is -0.120. The molecule has 0 bridgehead atoms. The molecule has 2 aromatic rings. The van der Waals surface area contributed by atoms with E-state index < -0.39 is 0 Å². The van der Waals surface area contributed by atoms with Gasteiger partial charge in [-0.15, -0.1) is 24.0 Å². The highest BCUT2D eigenvalue weighted by molar-refractivity contribution is 14.0. The summed E-state index contributed by atoms with van der Waals surface area (Å²) in [7, 11) is 5.14. The van der Waals surface area contributed by atoms with E-state index in [1.165, 1.54) is 0 Å². The van der Waals surface area contributed by atoms with Crippen LogP contribution in [0.25, 0.3) is 0 Å². The standard InChI is InChI=1S/C17H23N7O2.HI/c1-18-17(20-9-13-5-4-6-19-16(13)26-3)23-7-8-24(15(25)12-23)14-10-21-22(2)11-14;/h4-6,10-11H,7-9,12H2,1-3H3,(H,18,20);1H. The molecule has 0 unspecified atom stereocenters. The second-order valence-electron chi connectivity index (χ2n) is 5.91. The number of nitrogens with zero attached hydrogens (tertiary/aromatic N) is 6. The lowest BCUT2D eigenvalue weighted by Crippen LogP contribution is -2.55.